The molecule has 5 nitrogen and oxygen atoms in total. The second kappa shape index (κ2) is 9.25. The van der Waals surface area contributed by atoms with Gasteiger partial charge in [-0.15, -0.1) is 12.4 Å². The van der Waals surface area contributed by atoms with E-state index in [0.717, 1.165) is 11.3 Å². The molecule has 0 spiro atoms. The molecule has 0 aromatic heterocycles. The zero-order valence-electron chi connectivity index (χ0n) is 14.7. The van der Waals surface area contributed by atoms with Crippen LogP contribution < -0.4 is 15.8 Å². The van der Waals surface area contributed by atoms with Crippen molar-refractivity contribution in [3.63, 3.8) is 0 Å². The van der Waals surface area contributed by atoms with Gasteiger partial charge in [0.25, 0.3) is 0 Å². The SMILES string of the molecule is CC(C)Oc1ccc(C(C)NC(=O)C2(CN)CCOCC2)cc1.Cl. The maximum Gasteiger partial charge on any atom is 0.228 e. The minimum Gasteiger partial charge on any atom is -0.491 e. The summed E-state index contributed by atoms with van der Waals surface area (Å²) in [4.78, 5) is 12.7. The standard InChI is InChI=1S/C18H28N2O3.ClH/c1-13(2)23-16-6-4-15(5-7-16)14(3)20-17(21)18(12-19)8-10-22-11-9-18;/h4-7,13-14H,8-12,19H2,1-3H3,(H,20,21);1H. The molecule has 1 aromatic rings. The van der Waals surface area contributed by atoms with Crippen molar-refractivity contribution in [1.29, 1.82) is 0 Å². The summed E-state index contributed by atoms with van der Waals surface area (Å²) in [6.45, 7) is 7.53. The van der Waals surface area contributed by atoms with Crippen LogP contribution >= 0.6 is 12.4 Å². The Hall–Kier alpha value is -1.30. The highest BCUT2D eigenvalue weighted by Gasteiger charge is 2.39. The number of halogens is 1. The maximum absolute atomic E-state index is 12.7. The van der Waals surface area contributed by atoms with Gasteiger partial charge < -0.3 is 20.5 Å². The van der Waals surface area contributed by atoms with E-state index in [4.69, 9.17) is 15.2 Å². The Kier molecular flexibility index (Phi) is 8.00. The Balaban J connectivity index is 0.00000288. The number of hydrogen-bond acceptors (Lipinski definition) is 4. The van der Waals surface area contributed by atoms with E-state index < -0.39 is 5.41 Å². The number of rotatable bonds is 6. The summed E-state index contributed by atoms with van der Waals surface area (Å²) in [5, 5.41) is 3.10. The van der Waals surface area contributed by atoms with Crippen molar-refractivity contribution >= 4 is 18.3 Å². The zero-order valence-corrected chi connectivity index (χ0v) is 15.5. The molecule has 1 aromatic carbocycles. The van der Waals surface area contributed by atoms with E-state index in [2.05, 4.69) is 5.32 Å². The van der Waals surface area contributed by atoms with Gasteiger partial charge in [0.05, 0.1) is 17.6 Å². The molecule has 0 saturated carbocycles. The molecule has 24 heavy (non-hydrogen) atoms. The van der Waals surface area contributed by atoms with Gasteiger partial charge in [0.15, 0.2) is 0 Å². The first-order chi connectivity index (χ1) is 11.0. The average Bonchev–Trinajstić information content (AvgIpc) is 2.55. The second-order valence-electron chi connectivity index (χ2n) is 6.53. The Morgan fingerprint density at radius 1 is 1.25 bits per heavy atom. The number of hydrogen-bond donors (Lipinski definition) is 2. The molecular formula is C18H29ClN2O3. The van der Waals surface area contributed by atoms with E-state index in [1.807, 2.05) is 45.0 Å². The van der Waals surface area contributed by atoms with Crippen molar-refractivity contribution < 1.29 is 14.3 Å². The predicted molar refractivity (Wildman–Crippen MR) is 97.6 cm³/mol. The van der Waals surface area contributed by atoms with Crippen molar-refractivity contribution in [2.75, 3.05) is 19.8 Å². The number of benzene rings is 1. The summed E-state index contributed by atoms with van der Waals surface area (Å²) in [5.74, 6) is 0.864. The topological polar surface area (TPSA) is 73.6 Å². The fourth-order valence-corrected chi connectivity index (χ4v) is 2.83. The van der Waals surface area contributed by atoms with Crippen LogP contribution in [0.1, 0.15) is 45.2 Å². The van der Waals surface area contributed by atoms with Crippen LogP contribution in [0.5, 0.6) is 5.75 Å². The number of carbonyl (C=O) groups excluding carboxylic acids is 1. The van der Waals surface area contributed by atoms with E-state index in [1.54, 1.807) is 0 Å². The number of nitrogens with one attached hydrogen (secondary N) is 1. The van der Waals surface area contributed by atoms with E-state index in [9.17, 15) is 4.79 Å². The number of nitrogens with two attached hydrogens (primary N) is 1. The molecule has 0 aliphatic carbocycles. The highest BCUT2D eigenvalue weighted by Crippen LogP contribution is 2.30. The van der Waals surface area contributed by atoms with Gasteiger partial charge in [0, 0.05) is 19.8 Å². The molecule has 1 heterocycles. The van der Waals surface area contributed by atoms with Crippen LogP contribution in [-0.4, -0.2) is 31.8 Å². The van der Waals surface area contributed by atoms with Crippen LogP contribution in [0, 0.1) is 5.41 Å². The molecule has 136 valence electrons. The normalized spacial score (nSPS) is 17.7. The summed E-state index contributed by atoms with van der Waals surface area (Å²) < 4.78 is 11.0. The summed E-state index contributed by atoms with van der Waals surface area (Å²) in [7, 11) is 0. The monoisotopic (exact) mass is 356 g/mol. The lowest BCUT2D eigenvalue weighted by atomic mass is 9.79. The van der Waals surface area contributed by atoms with Gasteiger partial charge in [0.2, 0.25) is 5.91 Å². The molecule has 1 unspecified atom stereocenters. The fourth-order valence-electron chi connectivity index (χ4n) is 2.83. The van der Waals surface area contributed by atoms with E-state index in [0.29, 0.717) is 32.6 Å². The number of ether oxygens (including phenoxy) is 2. The molecule has 3 N–H and O–H groups in total. The third-order valence-electron chi connectivity index (χ3n) is 4.42. The summed E-state index contributed by atoms with van der Waals surface area (Å²) in [6.07, 6.45) is 1.52. The number of carbonyl (C=O) groups is 1. The third kappa shape index (κ3) is 5.10. The molecule has 0 bridgehead atoms. The quantitative estimate of drug-likeness (QED) is 0.822. The van der Waals surface area contributed by atoms with Crippen LogP contribution in [-0.2, 0) is 9.53 Å². The van der Waals surface area contributed by atoms with Gasteiger partial charge in [-0.1, -0.05) is 12.1 Å². The zero-order chi connectivity index (χ0) is 16.9. The fraction of sp³-hybridized carbons (Fsp3) is 0.611. The van der Waals surface area contributed by atoms with Crippen LogP contribution in [0.15, 0.2) is 24.3 Å². The Bertz CT molecular complexity index is 514. The van der Waals surface area contributed by atoms with Crippen molar-refractivity contribution in [2.24, 2.45) is 11.1 Å². The van der Waals surface area contributed by atoms with Gasteiger partial charge in [0.1, 0.15) is 5.75 Å². The Morgan fingerprint density at radius 2 is 1.83 bits per heavy atom. The maximum atomic E-state index is 12.7. The molecule has 1 aliphatic rings. The molecule has 2 rings (SSSR count). The van der Waals surface area contributed by atoms with E-state index >= 15 is 0 Å². The van der Waals surface area contributed by atoms with Crippen LogP contribution in [0.2, 0.25) is 0 Å². The lowest BCUT2D eigenvalue weighted by Crippen LogP contribution is -2.49. The van der Waals surface area contributed by atoms with Crippen molar-refractivity contribution in [3.8, 4) is 5.75 Å². The molecule has 6 heteroatoms. The molecule has 1 amide bonds. The summed E-state index contributed by atoms with van der Waals surface area (Å²) in [5.41, 5.74) is 6.44. The summed E-state index contributed by atoms with van der Waals surface area (Å²) >= 11 is 0. The lowest BCUT2D eigenvalue weighted by molar-refractivity contribution is -0.136. The van der Waals surface area contributed by atoms with E-state index in [-0.39, 0.29) is 30.5 Å². The first-order valence-electron chi connectivity index (χ1n) is 8.32. The Labute approximate surface area is 150 Å². The van der Waals surface area contributed by atoms with Gasteiger partial charge >= 0.3 is 0 Å². The van der Waals surface area contributed by atoms with Crippen molar-refractivity contribution in [1.82, 2.24) is 5.32 Å². The van der Waals surface area contributed by atoms with Gasteiger partial charge in [-0.25, -0.2) is 0 Å². The van der Waals surface area contributed by atoms with Crippen LogP contribution in [0.25, 0.3) is 0 Å². The number of amides is 1. The minimum atomic E-state index is -0.493. The molecule has 0 radical (unpaired) electrons. The van der Waals surface area contributed by atoms with Crippen LogP contribution in [0.3, 0.4) is 0 Å². The van der Waals surface area contributed by atoms with Gasteiger partial charge in [-0.05, 0) is 51.3 Å². The van der Waals surface area contributed by atoms with Crippen LogP contribution in [0.4, 0.5) is 0 Å². The van der Waals surface area contributed by atoms with Crippen molar-refractivity contribution in [2.45, 2.75) is 45.8 Å². The summed E-state index contributed by atoms with van der Waals surface area (Å²) in [6, 6.07) is 7.78. The van der Waals surface area contributed by atoms with Crippen molar-refractivity contribution in [3.05, 3.63) is 29.8 Å². The molecule has 1 atom stereocenters. The first-order valence-corrected chi connectivity index (χ1v) is 8.32. The van der Waals surface area contributed by atoms with Gasteiger partial charge in [-0.2, -0.15) is 0 Å². The molecule has 1 aliphatic heterocycles. The van der Waals surface area contributed by atoms with Gasteiger partial charge in [-0.3, -0.25) is 4.79 Å². The highest BCUT2D eigenvalue weighted by molar-refractivity contribution is 5.85. The third-order valence-corrected chi connectivity index (χ3v) is 4.42. The molecule has 1 saturated heterocycles. The minimum absolute atomic E-state index is 0. The molecule has 1 fully saturated rings. The Morgan fingerprint density at radius 3 is 2.33 bits per heavy atom. The average molecular weight is 357 g/mol. The lowest BCUT2D eigenvalue weighted by Gasteiger charge is -2.35. The largest absolute Gasteiger partial charge is 0.491 e. The smallest absolute Gasteiger partial charge is 0.228 e. The van der Waals surface area contributed by atoms with E-state index in [1.165, 1.54) is 0 Å². The predicted octanol–water partition coefficient (Wildman–Crippen LogP) is 2.83. The molecular weight excluding hydrogens is 328 g/mol. The first kappa shape index (κ1) is 20.7. The second-order valence-corrected chi connectivity index (χ2v) is 6.53. The highest BCUT2D eigenvalue weighted by atomic mass is 35.5.